The highest BCUT2D eigenvalue weighted by Crippen LogP contribution is 2.01. The van der Waals surface area contributed by atoms with Crippen LogP contribution in [0, 0.1) is 0 Å². The second-order valence-electron chi connectivity index (χ2n) is 3.24. The highest BCUT2D eigenvalue weighted by atomic mass is 16.4. The number of hydrogen-bond acceptors (Lipinski definition) is 3. The topological polar surface area (TPSA) is 109 Å². The average molecular weight is 216 g/mol. The Labute approximate surface area is 87.8 Å². The Bertz CT molecular complexity index is 252. The Kier molecular flexibility index (Phi) is 6.08. The lowest BCUT2D eigenvalue weighted by Gasteiger charge is -2.13. The molecule has 0 bridgehead atoms. The first-order valence-corrected chi connectivity index (χ1v) is 4.77. The van der Waals surface area contributed by atoms with Gasteiger partial charge in [0.2, 0.25) is 11.8 Å². The van der Waals surface area contributed by atoms with Gasteiger partial charge in [-0.25, -0.2) is 4.79 Å². The smallest absolute Gasteiger partial charge is 0.326 e. The molecule has 0 aromatic rings. The zero-order valence-corrected chi connectivity index (χ0v) is 8.66. The maximum Gasteiger partial charge on any atom is 0.326 e. The molecule has 0 unspecified atom stereocenters. The predicted octanol–water partition coefficient (Wildman–Crippen LogP) is -0.379. The van der Waals surface area contributed by atoms with Gasteiger partial charge in [0, 0.05) is 0 Å². The number of carboxylic acids is 1. The Morgan fingerprint density at radius 2 is 2.00 bits per heavy atom. The molecule has 0 aromatic carbocycles. The number of carboxylic acid groups (broad SMARTS) is 1. The summed E-state index contributed by atoms with van der Waals surface area (Å²) in [6.07, 6.45) is 1.43. The highest BCUT2D eigenvalue weighted by Gasteiger charge is 2.19. The van der Waals surface area contributed by atoms with Crippen molar-refractivity contribution in [2.75, 3.05) is 0 Å². The second kappa shape index (κ2) is 6.80. The van der Waals surface area contributed by atoms with Crippen LogP contribution in [0.4, 0.5) is 0 Å². The van der Waals surface area contributed by atoms with Crippen molar-refractivity contribution in [3.63, 3.8) is 0 Å². The van der Waals surface area contributed by atoms with Crippen LogP contribution < -0.4 is 11.1 Å². The molecule has 15 heavy (non-hydrogen) atoms. The number of hydrogen-bond donors (Lipinski definition) is 3. The van der Waals surface area contributed by atoms with Gasteiger partial charge < -0.3 is 16.2 Å². The summed E-state index contributed by atoms with van der Waals surface area (Å²) in [7, 11) is 0. The van der Waals surface area contributed by atoms with E-state index in [1.807, 2.05) is 6.92 Å². The fraction of sp³-hybridized carbons (Fsp3) is 0.667. The fourth-order valence-corrected chi connectivity index (χ4v) is 1.07. The molecule has 4 N–H and O–H groups in total. The van der Waals surface area contributed by atoms with E-state index in [0.717, 1.165) is 6.42 Å². The number of aliphatic carboxylic acids is 1. The molecule has 0 rings (SSSR count). The minimum Gasteiger partial charge on any atom is -0.480 e. The number of carbonyl (C=O) groups is 3. The van der Waals surface area contributed by atoms with E-state index in [1.54, 1.807) is 0 Å². The lowest BCUT2D eigenvalue weighted by Crippen LogP contribution is -2.42. The third kappa shape index (κ3) is 6.48. The van der Waals surface area contributed by atoms with Gasteiger partial charge in [0.15, 0.2) is 0 Å². The van der Waals surface area contributed by atoms with E-state index in [-0.39, 0.29) is 0 Å². The maximum absolute atomic E-state index is 11.1. The van der Waals surface area contributed by atoms with E-state index in [0.29, 0.717) is 12.8 Å². The number of rotatable bonds is 7. The highest BCUT2D eigenvalue weighted by molar-refractivity contribution is 5.97. The summed E-state index contributed by atoms with van der Waals surface area (Å²) in [5, 5.41) is 11.0. The molecule has 0 aliphatic carbocycles. The van der Waals surface area contributed by atoms with Gasteiger partial charge in [-0.2, -0.15) is 0 Å². The summed E-state index contributed by atoms with van der Waals surface area (Å²) >= 11 is 0. The van der Waals surface area contributed by atoms with Crippen molar-refractivity contribution in [3.05, 3.63) is 0 Å². The van der Waals surface area contributed by atoms with Crippen LogP contribution in [-0.2, 0) is 14.4 Å². The molecule has 2 amide bonds. The van der Waals surface area contributed by atoms with Gasteiger partial charge in [0.25, 0.3) is 0 Å². The minimum absolute atomic E-state index is 0.357. The molecule has 1 atom stereocenters. The first-order chi connectivity index (χ1) is 6.97. The Morgan fingerprint density at radius 3 is 2.40 bits per heavy atom. The molecule has 0 spiro atoms. The van der Waals surface area contributed by atoms with E-state index in [4.69, 9.17) is 10.8 Å². The molecule has 0 aliphatic rings. The SMILES string of the molecule is CCCC[C@H](NC(=O)CC(N)=O)C(=O)O. The summed E-state index contributed by atoms with van der Waals surface area (Å²) < 4.78 is 0. The van der Waals surface area contributed by atoms with Crippen LogP contribution in [0.25, 0.3) is 0 Å². The van der Waals surface area contributed by atoms with Crippen molar-refractivity contribution in [3.8, 4) is 0 Å². The summed E-state index contributed by atoms with van der Waals surface area (Å²) in [6.45, 7) is 1.92. The third-order valence-corrected chi connectivity index (χ3v) is 1.81. The predicted molar refractivity (Wildman–Crippen MR) is 52.9 cm³/mol. The molecule has 6 heteroatoms. The van der Waals surface area contributed by atoms with Crippen molar-refractivity contribution < 1.29 is 19.5 Å². The van der Waals surface area contributed by atoms with E-state index < -0.39 is 30.2 Å². The molecule has 0 radical (unpaired) electrons. The van der Waals surface area contributed by atoms with Crippen molar-refractivity contribution in [1.82, 2.24) is 5.32 Å². The van der Waals surface area contributed by atoms with E-state index >= 15 is 0 Å². The lowest BCUT2D eigenvalue weighted by atomic mass is 10.1. The summed E-state index contributed by atoms with van der Waals surface area (Å²) in [5.74, 6) is -2.51. The number of nitrogens with one attached hydrogen (secondary N) is 1. The zero-order valence-electron chi connectivity index (χ0n) is 8.66. The molecule has 0 fully saturated rings. The van der Waals surface area contributed by atoms with E-state index in [1.165, 1.54) is 0 Å². The normalized spacial score (nSPS) is 11.8. The van der Waals surface area contributed by atoms with Gasteiger partial charge in [-0.05, 0) is 6.42 Å². The van der Waals surface area contributed by atoms with Gasteiger partial charge >= 0.3 is 5.97 Å². The number of nitrogens with two attached hydrogens (primary N) is 1. The van der Waals surface area contributed by atoms with Gasteiger partial charge in [-0.3, -0.25) is 9.59 Å². The van der Waals surface area contributed by atoms with Crippen molar-refractivity contribution >= 4 is 17.8 Å². The van der Waals surface area contributed by atoms with E-state index in [2.05, 4.69) is 5.32 Å². The van der Waals surface area contributed by atoms with Crippen LogP contribution in [0.15, 0.2) is 0 Å². The van der Waals surface area contributed by atoms with Crippen molar-refractivity contribution in [2.24, 2.45) is 5.73 Å². The summed E-state index contributed by atoms with van der Waals surface area (Å²) in [6, 6.07) is -0.934. The quantitative estimate of drug-likeness (QED) is 0.504. The standard InChI is InChI=1S/C9H16N2O4/c1-2-3-4-6(9(14)15)11-8(13)5-7(10)12/h6H,2-5H2,1H3,(H2,10,12)(H,11,13)(H,14,15)/t6-/m0/s1. The molecule has 0 aliphatic heterocycles. The number of primary amides is 1. The van der Waals surface area contributed by atoms with Crippen LogP contribution in [0.1, 0.15) is 32.6 Å². The van der Waals surface area contributed by atoms with Gasteiger partial charge in [-0.15, -0.1) is 0 Å². The molecule has 6 nitrogen and oxygen atoms in total. The lowest BCUT2D eigenvalue weighted by molar-refractivity contribution is -0.142. The van der Waals surface area contributed by atoms with Crippen molar-refractivity contribution in [2.45, 2.75) is 38.6 Å². The number of amides is 2. The molecular weight excluding hydrogens is 200 g/mol. The summed E-state index contributed by atoms with van der Waals surface area (Å²) in [4.78, 5) is 32.1. The Morgan fingerprint density at radius 1 is 1.40 bits per heavy atom. The summed E-state index contributed by atoms with van der Waals surface area (Å²) in [5.41, 5.74) is 4.80. The number of unbranched alkanes of at least 4 members (excludes halogenated alkanes) is 1. The largest absolute Gasteiger partial charge is 0.480 e. The van der Waals surface area contributed by atoms with Crippen LogP contribution in [0.5, 0.6) is 0 Å². The van der Waals surface area contributed by atoms with Gasteiger partial charge in [0.05, 0.1) is 0 Å². The molecule has 0 heterocycles. The van der Waals surface area contributed by atoms with Gasteiger partial charge in [0.1, 0.15) is 12.5 Å². The first kappa shape index (κ1) is 13.4. The molecule has 0 aromatic heterocycles. The monoisotopic (exact) mass is 216 g/mol. The van der Waals surface area contributed by atoms with Crippen LogP contribution in [-0.4, -0.2) is 28.9 Å². The van der Waals surface area contributed by atoms with Crippen LogP contribution >= 0.6 is 0 Å². The first-order valence-electron chi connectivity index (χ1n) is 4.77. The van der Waals surface area contributed by atoms with E-state index in [9.17, 15) is 14.4 Å². The fourth-order valence-electron chi connectivity index (χ4n) is 1.07. The second-order valence-corrected chi connectivity index (χ2v) is 3.24. The Balaban J connectivity index is 4.10. The minimum atomic E-state index is -1.10. The Hall–Kier alpha value is -1.59. The average Bonchev–Trinajstić information content (AvgIpc) is 2.10. The molecule has 86 valence electrons. The van der Waals surface area contributed by atoms with Crippen LogP contribution in [0.3, 0.4) is 0 Å². The van der Waals surface area contributed by atoms with Crippen molar-refractivity contribution in [1.29, 1.82) is 0 Å². The third-order valence-electron chi connectivity index (χ3n) is 1.81. The maximum atomic E-state index is 11.1. The van der Waals surface area contributed by atoms with Gasteiger partial charge in [-0.1, -0.05) is 19.8 Å². The molecule has 0 saturated carbocycles. The molecular formula is C9H16N2O4. The number of carbonyl (C=O) groups excluding carboxylic acids is 2. The van der Waals surface area contributed by atoms with Crippen LogP contribution in [0.2, 0.25) is 0 Å². The molecule has 0 saturated heterocycles. The zero-order chi connectivity index (χ0) is 11.8.